The van der Waals surface area contributed by atoms with Gasteiger partial charge in [-0.3, -0.25) is 19.1 Å². The van der Waals surface area contributed by atoms with Gasteiger partial charge in [-0.15, -0.1) is 0 Å². The number of aromatic nitrogens is 2. The number of H-pyrrole nitrogens is 1. The Bertz CT molecular complexity index is 962. The van der Waals surface area contributed by atoms with Gasteiger partial charge in [-0.2, -0.15) is 14.0 Å². The van der Waals surface area contributed by atoms with Crippen molar-refractivity contribution in [1.29, 1.82) is 5.26 Å². The highest BCUT2D eigenvalue weighted by atomic mass is 79.9. The molecule has 0 atom stereocenters. The summed E-state index contributed by atoms with van der Waals surface area (Å²) in [4.78, 5) is 36.6. The van der Waals surface area contributed by atoms with Gasteiger partial charge in [-0.05, 0) is 6.07 Å². The quantitative estimate of drug-likeness (QED) is 0.765. The molecule has 0 saturated carbocycles. The number of halogens is 3. The zero-order chi connectivity index (χ0) is 18.6. The second kappa shape index (κ2) is 7.40. The van der Waals surface area contributed by atoms with Crippen LogP contribution in [0.5, 0.6) is 0 Å². The number of nitrogens with one attached hydrogen (secondary N) is 2. The molecule has 0 bridgehead atoms. The van der Waals surface area contributed by atoms with E-state index >= 15 is 0 Å². The number of carbonyl (C=O) groups is 1. The summed E-state index contributed by atoms with van der Waals surface area (Å²) in [5.74, 6) is -5.30. The second-order valence-electron chi connectivity index (χ2n) is 4.92. The number of hydrogen-bond donors (Lipinski definition) is 2. The fourth-order valence-corrected chi connectivity index (χ4v) is 2.53. The Balaban J connectivity index is 2.09. The molecule has 1 heterocycles. The van der Waals surface area contributed by atoms with E-state index in [1.165, 1.54) is 18.2 Å². The first-order chi connectivity index (χ1) is 11.8. The predicted octanol–water partition coefficient (Wildman–Crippen LogP) is 1.08. The molecular weight excluding hydrogens is 402 g/mol. The highest BCUT2D eigenvalue weighted by Crippen LogP contribution is 2.33. The predicted molar refractivity (Wildman–Crippen MR) is 87.1 cm³/mol. The number of amides is 1. The topological polar surface area (TPSA) is 108 Å². The van der Waals surface area contributed by atoms with E-state index in [4.69, 9.17) is 5.26 Å². The number of aromatic amines is 1. The Morgan fingerprint density at radius 1 is 1.36 bits per heavy atom. The van der Waals surface area contributed by atoms with E-state index in [9.17, 15) is 23.2 Å². The van der Waals surface area contributed by atoms with Crippen LogP contribution in [0.4, 0.5) is 8.78 Å². The van der Waals surface area contributed by atoms with Gasteiger partial charge in [0.25, 0.3) is 11.5 Å². The van der Waals surface area contributed by atoms with E-state index in [0.717, 1.165) is 16.8 Å². The first-order valence-corrected chi connectivity index (χ1v) is 7.71. The molecule has 2 rings (SSSR count). The first-order valence-electron chi connectivity index (χ1n) is 6.92. The molecule has 0 fully saturated rings. The molecule has 130 valence electrons. The number of alkyl halides is 2. The van der Waals surface area contributed by atoms with Crippen molar-refractivity contribution < 1.29 is 13.6 Å². The maximum absolute atomic E-state index is 14.2. The van der Waals surface area contributed by atoms with E-state index in [-0.39, 0.29) is 23.1 Å². The Hall–Kier alpha value is -2.80. The lowest BCUT2D eigenvalue weighted by Crippen LogP contribution is -2.41. The third kappa shape index (κ3) is 4.00. The van der Waals surface area contributed by atoms with Gasteiger partial charge in [0.2, 0.25) is 0 Å². The van der Waals surface area contributed by atoms with Gasteiger partial charge in [-0.25, -0.2) is 4.79 Å². The monoisotopic (exact) mass is 412 g/mol. The largest absolute Gasteiger partial charge is 0.350 e. The van der Waals surface area contributed by atoms with Crippen LogP contribution in [0.25, 0.3) is 0 Å². The summed E-state index contributed by atoms with van der Waals surface area (Å²) in [5.41, 5.74) is -2.44. The number of nitrogens with zero attached hydrogens (tertiary/aromatic N) is 2. The molecule has 0 spiro atoms. The molecule has 1 aromatic carbocycles. The number of benzene rings is 1. The molecule has 1 amide bonds. The van der Waals surface area contributed by atoms with Crippen molar-refractivity contribution in [3.63, 3.8) is 0 Å². The molecule has 10 heteroatoms. The van der Waals surface area contributed by atoms with Crippen molar-refractivity contribution in [2.24, 2.45) is 0 Å². The minimum atomic E-state index is -3.77. The Morgan fingerprint density at radius 2 is 2.04 bits per heavy atom. The molecule has 7 nitrogen and oxygen atoms in total. The Kier molecular flexibility index (Phi) is 5.48. The van der Waals surface area contributed by atoms with Gasteiger partial charge >= 0.3 is 11.6 Å². The molecule has 2 aromatic rings. The Morgan fingerprint density at radius 3 is 2.68 bits per heavy atom. The fourth-order valence-electron chi connectivity index (χ4n) is 1.99. The lowest BCUT2D eigenvalue weighted by molar-refractivity contribution is -0.147. The summed E-state index contributed by atoms with van der Waals surface area (Å²) in [6.45, 7) is -0.488. The van der Waals surface area contributed by atoms with Crippen molar-refractivity contribution in [2.45, 2.75) is 12.5 Å². The maximum atomic E-state index is 14.2. The zero-order valence-corrected chi connectivity index (χ0v) is 14.1. The highest BCUT2D eigenvalue weighted by molar-refractivity contribution is 9.10. The van der Waals surface area contributed by atoms with E-state index in [1.54, 1.807) is 6.07 Å². The van der Waals surface area contributed by atoms with E-state index in [1.807, 2.05) is 10.3 Å². The van der Waals surface area contributed by atoms with Gasteiger partial charge in [0.05, 0.1) is 0 Å². The Labute approximate surface area is 148 Å². The third-order valence-corrected chi connectivity index (χ3v) is 3.96. The molecule has 0 radical (unpaired) electrons. The summed E-state index contributed by atoms with van der Waals surface area (Å²) in [7, 11) is 0. The van der Waals surface area contributed by atoms with Crippen LogP contribution in [0, 0.1) is 11.3 Å². The maximum Gasteiger partial charge on any atom is 0.350 e. The molecule has 1 aromatic heterocycles. The zero-order valence-electron chi connectivity index (χ0n) is 12.6. The second-order valence-corrected chi connectivity index (χ2v) is 5.77. The van der Waals surface area contributed by atoms with Gasteiger partial charge in [0.15, 0.2) is 0 Å². The SMILES string of the molecule is N#Cc1cn(CCNC(=O)C(F)(F)c2ccccc2Br)c(=O)[nH]c1=O. The van der Waals surface area contributed by atoms with Gasteiger partial charge in [0, 0.05) is 29.3 Å². The minimum Gasteiger partial charge on any atom is -0.349 e. The molecule has 2 N–H and O–H groups in total. The summed E-state index contributed by atoms with van der Waals surface area (Å²) < 4.78 is 29.4. The van der Waals surface area contributed by atoms with E-state index in [0.29, 0.717) is 0 Å². The summed E-state index contributed by atoms with van der Waals surface area (Å²) in [5, 5.41) is 10.8. The smallest absolute Gasteiger partial charge is 0.349 e. The third-order valence-electron chi connectivity index (χ3n) is 3.27. The lowest BCUT2D eigenvalue weighted by atomic mass is 10.1. The van der Waals surface area contributed by atoms with Crippen LogP contribution in [0.15, 0.2) is 44.5 Å². The average molecular weight is 413 g/mol. The molecule has 0 unspecified atom stereocenters. The number of carbonyl (C=O) groups excluding carboxylic acids is 1. The van der Waals surface area contributed by atoms with Crippen LogP contribution >= 0.6 is 15.9 Å². The number of nitriles is 1. The van der Waals surface area contributed by atoms with Crippen LogP contribution in [0.2, 0.25) is 0 Å². The van der Waals surface area contributed by atoms with Crippen molar-refractivity contribution in [1.82, 2.24) is 14.9 Å². The summed E-state index contributed by atoms with van der Waals surface area (Å²) >= 11 is 2.97. The normalized spacial score (nSPS) is 11.0. The minimum absolute atomic E-state index is 0.0886. The fraction of sp³-hybridized carbons (Fsp3) is 0.200. The van der Waals surface area contributed by atoms with E-state index < -0.39 is 28.6 Å². The molecule has 25 heavy (non-hydrogen) atoms. The van der Waals surface area contributed by atoms with Crippen molar-refractivity contribution in [2.75, 3.05) is 6.54 Å². The molecule has 0 aliphatic rings. The van der Waals surface area contributed by atoms with Gasteiger partial charge in [-0.1, -0.05) is 34.1 Å². The molecule has 0 aliphatic carbocycles. The molecule has 0 saturated heterocycles. The summed E-state index contributed by atoms with van der Waals surface area (Å²) in [6, 6.07) is 7.03. The standard InChI is InChI=1S/C15H11BrF2N4O3/c16-11-4-2-1-3-10(11)15(17,18)13(24)20-5-6-22-8-9(7-19)12(23)21-14(22)25/h1-4,8H,5-6H2,(H,20,24)(H,21,23,25). The van der Waals surface area contributed by atoms with Crippen molar-refractivity contribution >= 4 is 21.8 Å². The van der Waals surface area contributed by atoms with Crippen LogP contribution in [-0.4, -0.2) is 22.0 Å². The number of rotatable bonds is 5. The highest BCUT2D eigenvalue weighted by Gasteiger charge is 2.42. The van der Waals surface area contributed by atoms with Crippen LogP contribution < -0.4 is 16.6 Å². The summed E-state index contributed by atoms with van der Waals surface area (Å²) in [6.07, 6.45) is 0.999. The first kappa shape index (κ1) is 18.5. The molecular formula is C15H11BrF2N4O3. The van der Waals surface area contributed by atoms with Gasteiger partial charge in [0.1, 0.15) is 11.6 Å². The molecule has 0 aliphatic heterocycles. The van der Waals surface area contributed by atoms with Crippen molar-refractivity contribution in [3.05, 3.63) is 66.9 Å². The van der Waals surface area contributed by atoms with Crippen LogP contribution in [-0.2, 0) is 17.3 Å². The van der Waals surface area contributed by atoms with Gasteiger partial charge < -0.3 is 5.32 Å². The van der Waals surface area contributed by atoms with Crippen molar-refractivity contribution in [3.8, 4) is 6.07 Å². The average Bonchev–Trinajstić information content (AvgIpc) is 2.56. The van der Waals surface area contributed by atoms with Crippen LogP contribution in [0.3, 0.4) is 0 Å². The van der Waals surface area contributed by atoms with E-state index in [2.05, 4.69) is 15.9 Å². The lowest BCUT2D eigenvalue weighted by Gasteiger charge is -2.17. The number of hydrogen-bond acceptors (Lipinski definition) is 4. The van der Waals surface area contributed by atoms with Crippen LogP contribution in [0.1, 0.15) is 11.1 Å².